The van der Waals surface area contributed by atoms with E-state index < -0.39 is 0 Å². The Hall–Kier alpha value is -2.52. The van der Waals surface area contributed by atoms with Crippen molar-refractivity contribution in [3.05, 3.63) is 53.4 Å². The molecule has 1 N–H and O–H groups in total. The van der Waals surface area contributed by atoms with Crippen LogP contribution in [-0.2, 0) is 0 Å². The van der Waals surface area contributed by atoms with Gasteiger partial charge in [-0.1, -0.05) is 51.2 Å². The molecule has 2 aromatic heterocycles. The van der Waals surface area contributed by atoms with Crippen LogP contribution in [-0.4, -0.2) is 6.54 Å². The standard InChI is InChI=1S/C27H29NOS/c1-3-4-5-6-7-8-11-28-27-15-21-13-19-9-10-20-14-22-12-18(2)30-26(22)17-24(20)23(19)16-25(21)29-27/h9-10,12-17,28H,3-8,11H2,1-2H3. The summed E-state index contributed by atoms with van der Waals surface area (Å²) in [6.07, 6.45) is 7.85. The van der Waals surface area contributed by atoms with Gasteiger partial charge < -0.3 is 9.73 Å². The van der Waals surface area contributed by atoms with Gasteiger partial charge in [0.25, 0.3) is 0 Å². The Morgan fingerprint density at radius 2 is 1.50 bits per heavy atom. The van der Waals surface area contributed by atoms with Crippen LogP contribution in [0.3, 0.4) is 0 Å². The minimum atomic E-state index is 0.884. The maximum atomic E-state index is 6.15. The first-order valence-electron chi connectivity index (χ1n) is 11.3. The second-order valence-electron chi connectivity index (χ2n) is 8.45. The number of fused-ring (bicyclic) bond motifs is 5. The molecular formula is C27H29NOS. The molecule has 0 amide bonds. The summed E-state index contributed by atoms with van der Waals surface area (Å²) in [6.45, 7) is 5.42. The third-order valence-corrected chi connectivity index (χ3v) is 7.08. The highest BCUT2D eigenvalue weighted by molar-refractivity contribution is 7.19. The normalized spacial score (nSPS) is 11.9. The van der Waals surface area contributed by atoms with Crippen LogP contribution in [0.2, 0.25) is 0 Å². The van der Waals surface area contributed by atoms with Crippen LogP contribution in [0.25, 0.3) is 42.6 Å². The van der Waals surface area contributed by atoms with Crippen LogP contribution in [0.15, 0.2) is 52.9 Å². The lowest BCUT2D eigenvalue weighted by molar-refractivity contribution is 0.601. The summed E-state index contributed by atoms with van der Waals surface area (Å²) in [5.41, 5.74) is 0.961. The number of rotatable bonds is 8. The summed E-state index contributed by atoms with van der Waals surface area (Å²) in [4.78, 5) is 1.36. The number of benzene rings is 3. The molecule has 0 aliphatic rings. The molecule has 2 heterocycles. The number of nitrogens with one attached hydrogen (secondary N) is 1. The van der Waals surface area contributed by atoms with Gasteiger partial charge in [0.2, 0.25) is 0 Å². The average molecular weight is 416 g/mol. The number of aryl methyl sites for hydroxylation is 1. The predicted octanol–water partition coefficient (Wildman–Crippen LogP) is 9.03. The maximum Gasteiger partial charge on any atom is 0.194 e. The van der Waals surface area contributed by atoms with Gasteiger partial charge in [0, 0.05) is 27.6 Å². The Kier molecular flexibility index (Phi) is 5.39. The smallest absolute Gasteiger partial charge is 0.194 e. The van der Waals surface area contributed by atoms with Crippen molar-refractivity contribution >= 4 is 59.8 Å². The zero-order chi connectivity index (χ0) is 20.5. The monoisotopic (exact) mass is 415 g/mol. The van der Waals surface area contributed by atoms with E-state index in [1.807, 2.05) is 11.3 Å². The quantitative estimate of drug-likeness (QED) is 0.202. The van der Waals surface area contributed by atoms with E-state index in [-0.39, 0.29) is 0 Å². The van der Waals surface area contributed by atoms with E-state index >= 15 is 0 Å². The average Bonchev–Trinajstić information content (AvgIpc) is 3.30. The Morgan fingerprint density at radius 3 is 2.33 bits per heavy atom. The highest BCUT2D eigenvalue weighted by Crippen LogP contribution is 2.36. The molecule has 0 aliphatic heterocycles. The fourth-order valence-electron chi connectivity index (χ4n) is 4.47. The Balaban J connectivity index is 1.41. The minimum absolute atomic E-state index is 0.884. The molecule has 5 aromatic rings. The largest absolute Gasteiger partial charge is 0.441 e. The molecule has 0 aliphatic carbocycles. The number of anilines is 1. The Bertz CT molecular complexity index is 1330. The van der Waals surface area contributed by atoms with Crippen LogP contribution in [0, 0.1) is 6.92 Å². The van der Waals surface area contributed by atoms with Gasteiger partial charge in [-0.25, -0.2) is 0 Å². The number of furan rings is 1. The van der Waals surface area contributed by atoms with E-state index in [1.54, 1.807) is 0 Å². The molecule has 154 valence electrons. The lowest BCUT2D eigenvalue weighted by Gasteiger charge is -2.05. The molecule has 0 fully saturated rings. The summed E-state index contributed by atoms with van der Waals surface area (Å²) in [6, 6.07) is 18.0. The van der Waals surface area contributed by atoms with E-state index in [9.17, 15) is 0 Å². The SMILES string of the molecule is CCCCCCCCNc1cc2cc3ccc4cc5cc(C)sc5cc4c3cc2o1. The molecule has 30 heavy (non-hydrogen) atoms. The minimum Gasteiger partial charge on any atom is -0.441 e. The van der Waals surface area contributed by atoms with Gasteiger partial charge >= 0.3 is 0 Å². The highest BCUT2D eigenvalue weighted by Gasteiger charge is 2.09. The fraction of sp³-hybridized carbons (Fsp3) is 0.333. The van der Waals surface area contributed by atoms with Crippen molar-refractivity contribution < 1.29 is 4.42 Å². The van der Waals surface area contributed by atoms with E-state index in [2.05, 4.69) is 67.7 Å². The number of hydrogen-bond acceptors (Lipinski definition) is 3. The van der Waals surface area contributed by atoms with E-state index in [0.717, 1.165) is 18.0 Å². The molecule has 3 heteroatoms. The van der Waals surface area contributed by atoms with Crippen molar-refractivity contribution in [2.75, 3.05) is 11.9 Å². The van der Waals surface area contributed by atoms with Crippen molar-refractivity contribution in [2.45, 2.75) is 52.4 Å². The van der Waals surface area contributed by atoms with Gasteiger partial charge in [-0.05, 0) is 70.6 Å². The van der Waals surface area contributed by atoms with Gasteiger partial charge in [-0.3, -0.25) is 0 Å². The third-order valence-electron chi connectivity index (χ3n) is 6.06. The van der Waals surface area contributed by atoms with Crippen LogP contribution in [0.1, 0.15) is 50.3 Å². The van der Waals surface area contributed by atoms with Gasteiger partial charge in [0.05, 0.1) is 0 Å². The first-order valence-corrected chi connectivity index (χ1v) is 12.1. The predicted molar refractivity (Wildman–Crippen MR) is 133 cm³/mol. The van der Waals surface area contributed by atoms with Crippen LogP contribution in [0.4, 0.5) is 5.88 Å². The van der Waals surface area contributed by atoms with Gasteiger partial charge in [-0.15, -0.1) is 11.3 Å². The van der Waals surface area contributed by atoms with Crippen molar-refractivity contribution in [1.29, 1.82) is 0 Å². The van der Waals surface area contributed by atoms with E-state index in [4.69, 9.17) is 4.42 Å². The molecule has 0 radical (unpaired) electrons. The van der Waals surface area contributed by atoms with Gasteiger partial charge in [-0.2, -0.15) is 0 Å². The molecule has 2 nitrogen and oxygen atoms in total. The van der Waals surface area contributed by atoms with Crippen LogP contribution in [0.5, 0.6) is 0 Å². The third kappa shape index (κ3) is 3.79. The molecule has 0 saturated heterocycles. The molecule has 0 unspecified atom stereocenters. The van der Waals surface area contributed by atoms with Crippen LogP contribution >= 0.6 is 11.3 Å². The molecule has 0 bridgehead atoms. The molecule has 0 spiro atoms. The molecular weight excluding hydrogens is 386 g/mol. The Labute approximate surface area is 181 Å². The van der Waals surface area contributed by atoms with Gasteiger partial charge in [0.1, 0.15) is 5.58 Å². The summed E-state index contributed by atoms with van der Waals surface area (Å²) >= 11 is 1.87. The lowest BCUT2D eigenvalue weighted by Crippen LogP contribution is -1.99. The van der Waals surface area contributed by atoms with Crippen LogP contribution < -0.4 is 5.32 Å². The summed E-state index contributed by atoms with van der Waals surface area (Å²) in [5.74, 6) is 0.884. The van der Waals surface area contributed by atoms with Crippen molar-refractivity contribution in [1.82, 2.24) is 0 Å². The first kappa shape index (κ1) is 19.4. The van der Waals surface area contributed by atoms with E-state index in [1.165, 1.54) is 80.4 Å². The van der Waals surface area contributed by atoms with Crippen molar-refractivity contribution in [3.63, 3.8) is 0 Å². The number of unbranched alkanes of at least 4 members (excludes halogenated alkanes) is 5. The molecule has 5 rings (SSSR count). The lowest BCUT2D eigenvalue weighted by atomic mass is 10.00. The zero-order valence-corrected chi connectivity index (χ0v) is 18.7. The summed E-state index contributed by atoms with van der Waals surface area (Å²) < 4.78 is 7.51. The Morgan fingerprint density at radius 1 is 0.767 bits per heavy atom. The maximum absolute atomic E-state index is 6.15. The topological polar surface area (TPSA) is 25.2 Å². The zero-order valence-electron chi connectivity index (χ0n) is 17.9. The first-order chi connectivity index (χ1) is 14.7. The van der Waals surface area contributed by atoms with Crippen molar-refractivity contribution in [3.8, 4) is 0 Å². The highest BCUT2D eigenvalue weighted by atomic mass is 32.1. The molecule has 0 saturated carbocycles. The molecule has 0 atom stereocenters. The molecule has 3 aromatic carbocycles. The van der Waals surface area contributed by atoms with Gasteiger partial charge in [0.15, 0.2) is 5.88 Å². The fourth-order valence-corrected chi connectivity index (χ4v) is 5.41. The second kappa shape index (κ2) is 8.31. The number of hydrogen-bond donors (Lipinski definition) is 1. The summed E-state index contributed by atoms with van der Waals surface area (Å²) in [7, 11) is 0. The summed E-state index contributed by atoms with van der Waals surface area (Å²) in [5, 5.41) is 11.1. The van der Waals surface area contributed by atoms with E-state index in [0.29, 0.717) is 0 Å². The number of thiophene rings is 1. The second-order valence-corrected chi connectivity index (χ2v) is 9.74. The van der Waals surface area contributed by atoms with Crippen molar-refractivity contribution in [2.24, 2.45) is 0 Å².